The molecule has 0 radical (unpaired) electrons. The van der Waals surface area contributed by atoms with Gasteiger partial charge in [0.1, 0.15) is 5.82 Å². The first-order chi connectivity index (χ1) is 9.13. The van der Waals surface area contributed by atoms with E-state index in [1.807, 2.05) is 12.1 Å². The van der Waals surface area contributed by atoms with E-state index in [0.717, 1.165) is 27.8 Å². The number of halogens is 2. The van der Waals surface area contributed by atoms with Gasteiger partial charge in [-0.1, -0.05) is 6.07 Å². The Kier molecular flexibility index (Phi) is 3.35. The average molecular weight is 368 g/mol. The van der Waals surface area contributed by atoms with Gasteiger partial charge in [-0.2, -0.15) is 0 Å². The lowest BCUT2D eigenvalue weighted by Crippen LogP contribution is -2.08. The molecule has 3 rings (SSSR count). The van der Waals surface area contributed by atoms with Gasteiger partial charge in [-0.15, -0.1) is 0 Å². The van der Waals surface area contributed by atoms with Crippen molar-refractivity contribution in [1.29, 1.82) is 0 Å². The molecule has 1 aliphatic carbocycles. The summed E-state index contributed by atoms with van der Waals surface area (Å²) in [7, 11) is 0. The fraction of sp³-hybridized carbons (Fsp3) is 0.200. The molecule has 0 heterocycles. The summed E-state index contributed by atoms with van der Waals surface area (Å²) in [6.07, 6.45) is 2.09. The van der Waals surface area contributed by atoms with E-state index in [-0.39, 0.29) is 11.9 Å². The highest BCUT2D eigenvalue weighted by molar-refractivity contribution is 14.1. The molecular formula is C15H14FIN2. The number of nitrogens with one attached hydrogen (secondary N) is 1. The molecule has 0 spiro atoms. The molecule has 1 aliphatic rings. The number of aryl methyl sites for hydroxylation is 1. The number of hydrogen-bond donors (Lipinski definition) is 2. The largest absolute Gasteiger partial charge is 0.399 e. The van der Waals surface area contributed by atoms with Crippen molar-refractivity contribution in [3.8, 4) is 0 Å². The van der Waals surface area contributed by atoms with Gasteiger partial charge >= 0.3 is 0 Å². The van der Waals surface area contributed by atoms with Crippen LogP contribution in [-0.2, 0) is 6.42 Å². The highest BCUT2D eigenvalue weighted by atomic mass is 127. The van der Waals surface area contributed by atoms with Crippen molar-refractivity contribution in [1.82, 2.24) is 0 Å². The maximum Gasteiger partial charge on any atom is 0.124 e. The molecule has 0 saturated carbocycles. The molecule has 0 saturated heterocycles. The molecule has 4 heteroatoms. The van der Waals surface area contributed by atoms with Gasteiger partial charge in [-0.25, -0.2) is 4.39 Å². The maximum atomic E-state index is 13.1. The number of rotatable bonds is 2. The number of nitrogens with two attached hydrogens (primary N) is 1. The van der Waals surface area contributed by atoms with E-state index >= 15 is 0 Å². The second kappa shape index (κ2) is 5.00. The molecule has 0 fully saturated rings. The normalized spacial score (nSPS) is 17.3. The van der Waals surface area contributed by atoms with Crippen molar-refractivity contribution >= 4 is 34.0 Å². The van der Waals surface area contributed by atoms with Crippen LogP contribution in [0.1, 0.15) is 23.6 Å². The number of anilines is 2. The number of nitrogen functional groups attached to an aromatic ring is 1. The molecule has 0 amide bonds. The highest BCUT2D eigenvalue weighted by Crippen LogP contribution is 2.35. The molecule has 2 aromatic rings. The van der Waals surface area contributed by atoms with Crippen molar-refractivity contribution in [3.63, 3.8) is 0 Å². The minimum Gasteiger partial charge on any atom is -0.399 e. The van der Waals surface area contributed by atoms with Crippen molar-refractivity contribution < 1.29 is 4.39 Å². The summed E-state index contributed by atoms with van der Waals surface area (Å²) in [5.41, 5.74) is 10.2. The van der Waals surface area contributed by atoms with E-state index in [0.29, 0.717) is 0 Å². The summed E-state index contributed by atoms with van der Waals surface area (Å²) in [5.74, 6) is -0.199. The van der Waals surface area contributed by atoms with Gasteiger partial charge < -0.3 is 11.1 Å². The first-order valence-electron chi connectivity index (χ1n) is 6.23. The Hall–Kier alpha value is -1.30. The molecule has 2 aromatic carbocycles. The molecule has 98 valence electrons. The quantitative estimate of drug-likeness (QED) is 0.619. The fourth-order valence-corrected chi connectivity index (χ4v) is 3.21. The second-order valence-corrected chi connectivity index (χ2v) is 5.98. The summed E-state index contributed by atoms with van der Waals surface area (Å²) in [6, 6.07) is 11.2. The molecule has 0 aliphatic heterocycles. The number of fused-ring (bicyclic) bond motifs is 1. The first-order valence-corrected chi connectivity index (χ1v) is 7.31. The minimum absolute atomic E-state index is 0.199. The van der Waals surface area contributed by atoms with Crippen LogP contribution in [0.2, 0.25) is 0 Å². The standard InChI is InChI=1S/C15H14FIN2/c16-10-2-6-15(13(17)8-10)19-14-5-1-9-7-11(18)3-4-12(9)14/h2-4,6-8,14,19H,1,5,18H2. The lowest BCUT2D eigenvalue weighted by molar-refractivity contribution is 0.626. The molecular weight excluding hydrogens is 354 g/mol. The zero-order valence-electron chi connectivity index (χ0n) is 10.3. The second-order valence-electron chi connectivity index (χ2n) is 4.82. The van der Waals surface area contributed by atoms with Gasteiger partial charge in [0.2, 0.25) is 0 Å². The van der Waals surface area contributed by atoms with Crippen LogP contribution in [0.25, 0.3) is 0 Å². The third kappa shape index (κ3) is 2.54. The van der Waals surface area contributed by atoms with Crippen LogP contribution in [0.3, 0.4) is 0 Å². The van der Waals surface area contributed by atoms with E-state index < -0.39 is 0 Å². The van der Waals surface area contributed by atoms with Crippen LogP contribution in [0.4, 0.5) is 15.8 Å². The summed E-state index contributed by atoms with van der Waals surface area (Å²) in [5, 5.41) is 3.50. The van der Waals surface area contributed by atoms with E-state index in [2.05, 4.69) is 34.0 Å². The predicted octanol–water partition coefficient (Wildman–Crippen LogP) is 4.11. The summed E-state index contributed by atoms with van der Waals surface area (Å²) >= 11 is 2.15. The minimum atomic E-state index is -0.199. The molecule has 0 bridgehead atoms. The smallest absolute Gasteiger partial charge is 0.124 e. The van der Waals surface area contributed by atoms with Gasteiger partial charge in [0.05, 0.1) is 6.04 Å². The van der Waals surface area contributed by atoms with Crippen molar-refractivity contribution in [2.75, 3.05) is 11.1 Å². The topological polar surface area (TPSA) is 38.0 Å². The Balaban J connectivity index is 1.86. The van der Waals surface area contributed by atoms with Crippen molar-refractivity contribution in [2.45, 2.75) is 18.9 Å². The molecule has 1 atom stereocenters. The molecule has 2 nitrogen and oxygen atoms in total. The van der Waals surface area contributed by atoms with Crippen LogP contribution in [0.5, 0.6) is 0 Å². The summed E-state index contributed by atoms with van der Waals surface area (Å²) < 4.78 is 14.0. The Morgan fingerprint density at radius 2 is 2.05 bits per heavy atom. The van der Waals surface area contributed by atoms with Crippen LogP contribution < -0.4 is 11.1 Å². The maximum absolute atomic E-state index is 13.1. The van der Waals surface area contributed by atoms with Gasteiger partial charge in [0.25, 0.3) is 0 Å². The Morgan fingerprint density at radius 1 is 1.21 bits per heavy atom. The van der Waals surface area contributed by atoms with Gasteiger partial charge in [0.15, 0.2) is 0 Å². The Bertz CT molecular complexity index is 628. The van der Waals surface area contributed by atoms with E-state index in [1.165, 1.54) is 17.2 Å². The van der Waals surface area contributed by atoms with Crippen molar-refractivity contribution in [3.05, 3.63) is 56.9 Å². The summed E-state index contributed by atoms with van der Waals surface area (Å²) in [4.78, 5) is 0. The van der Waals surface area contributed by atoms with Gasteiger partial charge in [0, 0.05) is 14.9 Å². The number of benzene rings is 2. The third-order valence-corrected chi connectivity index (χ3v) is 4.40. The highest BCUT2D eigenvalue weighted by Gasteiger charge is 2.22. The fourth-order valence-electron chi connectivity index (χ4n) is 2.58. The van der Waals surface area contributed by atoms with Gasteiger partial charge in [-0.3, -0.25) is 0 Å². The Labute approximate surface area is 125 Å². The SMILES string of the molecule is Nc1ccc2c(c1)CCC2Nc1ccc(F)cc1I. The van der Waals surface area contributed by atoms with Gasteiger partial charge in [-0.05, 0) is 76.9 Å². The average Bonchev–Trinajstić information content (AvgIpc) is 2.75. The molecule has 0 aromatic heterocycles. The third-order valence-electron chi connectivity index (χ3n) is 3.51. The Morgan fingerprint density at radius 3 is 2.84 bits per heavy atom. The van der Waals surface area contributed by atoms with Crippen LogP contribution >= 0.6 is 22.6 Å². The zero-order valence-corrected chi connectivity index (χ0v) is 12.4. The predicted molar refractivity (Wildman–Crippen MR) is 84.7 cm³/mol. The molecule has 3 N–H and O–H groups in total. The van der Waals surface area contributed by atoms with Crippen LogP contribution in [0, 0.1) is 9.39 Å². The lowest BCUT2D eigenvalue weighted by Gasteiger charge is -2.17. The van der Waals surface area contributed by atoms with Crippen LogP contribution in [-0.4, -0.2) is 0 Å². The van der Waals surface area contributed by atoms with E-state index in [1.54, 1.807) is 12.1 Å². The zero-order chi connectivity index (χ0) is 13.4. The lowest BCUT2D eigenvalue weighted by atomic mass is 10.1. The van der Waals surface area contributed by atoms with Crippen LogP contribution in [0.15, 0.2) is 36.4 Å². The number of hydrogen-bond acceptors (Lipinski definition) is 2. The van der Waals surface area contributed by atoms with E-state index in [9.17, 15) is 4.39 Å². The van der Waals surface area contributed by atoms with Crippen molar-refractivity contribution in [2.24, 2.45) is 0 Å². The first kappa shape index (κ1) is 12.7. The molecule has 19 heavy (non-hydrogen) atoms. The molecule has 1 unspecified atom stereocenters. The summed E-state index contributed by atoms with van der Waals surface area (Å²) in [6.45, 7) is 0. The van der Waals surface area contributed by atoms with E-state index in [4.69, 9.17) is 5.73 Å². The monoisotopic (exact) mass is 368 g/mol.